The Morgan fingerprint density at radius 2 is 1.10 bits per heavy atom. The number of hydrogen-bond donors (Lipinski definition) is 5. The van der Waals surface area contributed by atoms with E-state index < -0.39 is 98.8 Å². The molecule has 0 bridgehead atoms. The van der Waals surface area contributed by atoms with E-state index in [4.69, 9.17) is 29.8 Å². The molecule has 52 heavy (non-hydrogen) atoms. The predicted octanol–water partition coefficient (Wildman–Crippen LogP) is 3.50. The Hall–Kier alpha value is -2.40. The van der Waals surface area contributed by atoms with E-state index in [1.807, 2.05) is 27.7 Å². The quantitative estimate of drug-likeness (QED) is 0.0319. The average molecular weight is 752 g/mol. The fourth-order valence-electron chi connectivity index (χ4n) is 5.45. The maximum absolute atomic E-state index is 13.4. The van der Waals surface area contributed by atoms with Crippen molar-refractivity contribution in [2.24, 2.45) is 0 Å². The maximum Gasteiger partial charge on any atom is 0.306 e. The van der Waals surface area contributed by atoms with Crippen molar-refractivity contribution >= 4 is 23.9 Å². The third-order valence-electron chi connectivity index (χ3n) is 8.61. The van der Waals surface area contributed by atoms with Crippen LogP contribution < -0.4 is 0 Å². The summed E-state index contributed by atoms with van der Waals surface area (Å²) in [5, 5.41) is 50.7. The first-order chi connectivity index (χ1) is 25.3. The summed E-state index contributed by atoms with van der Waals surface area (Å²) >= 11 is 0. The van der Waals surface area contributed by atoms with Crippen molar-refractivity contribution < 1.29 is 74.5 Å². The van der Waals surface area contributed by atoms with Crippen LogP contribution >= 0.6 is 0 Å². The molecule has 3 unspecified atom stereocenters. The number of carbonyl (C=O) groups excluding carboxylic acids is 4. The highest BCUT2D eigenvalue weighted by molar-refractivity contribution is 5.72. The van der Waals surface area contributed by atoms with Crippen LogP contribution in [0.1, 0.15) is 145 Å². The van der Waals surface area contributed by atoms with E-state index in [0.717, 1.165) is 51.4 Å². The van der Waals surface area contributed by atoms with Gasteiger partial charge in [0, 0.05) is 27.0 Å². The summed E-state index contributed by atoms with van der Waals surface area (Å²) < 4.78 is 42.9. The van der Waals surface area contributed by atoms with Gasteiger partial charge >= 0.3 is 23.9 Å². The molecule has 304 valence electrons. The first-order valence-corrected chi connectivity index (χ1v) is 19.2. The van der Waals surface area contributed by atoms with E-state index in [1.54, 1.807) is 0 Å². The molecule has 0 aromatic heterocycles. The van der Waals surface area contributed by atoms with Gasteiger partial charge in [0.2, 0.25) is 6.29 Å². The second-order valence-corrected chi connectivity index (χ2v) is 13.2. The van der Waals surface area contributed by atoms with E-state index in [9.17, 15) is 44.7 Å². The lowest BCUT2D eigenvalue weighted by molar-refractivity contribution is -0.349. The Morgan fingerprint density at radius 1 is 0.615 bits per heavy atom. The number of esters is 4. The van der Waals surface area contributed by atoms with Crippen LogP contribution in [0.2, 0.25) is 0 Å². The van der Waals surface area contributed by atoms with Gasteiger partial charge in [-0.1, -0.05) is 91.9 Å². The largest absolute Gasteiger partial charge is 0.463 e. The first-order valence-electron chi connectivity index (χ1n) is 19.7. The smallest absolute Gasteiger partial charge is 0.306 e. The highest BCUT2D eigenvalue weighted by atomic mass is 16.8. The van der Waals surface area contributed by atoms with Gasteiger partial charge in [0.1, 0.15) is 31.0 Å². The number of rotatable bonds is 29. The van der Waals surface area contributed by atoms with Crippen LogP contribution in [0, 0.1) is 0 Å². The Labute approximate surface area is 310 Å². The molecule has 5 N–H and O–H groups in total. The Bertz CT molecular complexity index is 1030. The SMILES string of the molecule is [2H]C(CCCCCC)C(=O)O[C@@H]1C(OC(O)[C@H](O)[C@@H](O)[C@@H](O)CO)O[C@H](COC(=O)CCCCC)[C@@H](OC(=O)CCCCC)[C@@H]1OC(=O)CCCCC. The summed E-state index contributed by atoms with van der Waals surface area (Å²) in [5.41, 5.74) is 0. The second kappa shape index (κ2) is 28.1. The van der Waals surface area contributed by atoms with E-state index in [-0.39, 0.29) is 25.7 Å². The molecule has 0 aromatic carbocycles. The van der Waals surface area contributed by atoms with Crippen molar-refractivity contribution in [3.05, 3.63) is 0 Å². The molecule has 1 saturated heterocycles. The summed E-state index contributed by atoms with van der Waals surface area (Å²) in [7, 11) is 0. The molecule has 1 aliphatic heterocycles. The van der Waals surface area contributed by atoms with Gasteiger partial charge in [0.05, 0.1) is 6.61 Å². The van der Waals surface area contributed by atoms with Crippen molar-refractivity contribution in [3.63, 3.8) is 0 Å². The Balaban J connectivity index is 3.67. The Kier molecular flexibility index (Phi) is 24.7. The van der Waals surface area contributed by atoms with Crippen molar-refractivity contribution in [3.8, 4) is 0 Å². The van der Waals surface area contributed by atoms with Gasteiger partial charge in [-0.05, 0) is 25.7 Å². The Morgan fingerprint density at radius 3 is 1.63 bits per heavy atom. The van der Waals surface area contributed by atoms with Crippen LogP contribution in [-0.2, 0) is 47.6 Å². The van der Waals surface area contributed by atoms with Crippen LogP contribution in [0.5, 0.6) is 0 Å². The van der Waals surface area contributed by atoms with E-state index in [1.165, 1.54) is 0 Å². The number of aliphatic hydroxyl groups excluding tert-OH is 5. The molecule has 1 rings (SSSR count). The van der Waals surface area contributed by atoms with Gasteiger partial charge in [-0.15, -0.1) is 0 Å². The van der Waals surface area contributed by atoms with Gasteiger partial charge in [0.25, 0.3) is 0 Å². The molecule has 0 aromatic rings. The molecule has 15 heteroatoms. The standard InChI is InChI=1S/C37H66O15/c1-5-9-13-14-18-22-30(43)51-35-34(50-29(42)21-17-12-8-4)33(49-28(41)20-16-11-7-3)26(24-47-27(40)19-15-10-6-2)48-37(35)52-36(46)32(45)31(44)25(39)23-38/h25-26,31-39,44-46H,5-24H2,1-4H3/t25-,26+,31-,32+,33+,34-,35-,36?,37?/m0/s1/i22D/t22?,25-,26+,31-,32+,33+,34-,35-,36?,37?. The number of ether oxygens (including phenoxy) is 6. The lowest BCUT2D eigenvalue weighted by Crippen LogP contribution is -2.64. The van der Waals surface area contributed by atoms with Crippen LogP contribution in [-0.4, -0.2) is 118 Å². The molecule has 0 radical (unpaired) electrons. The third-order valence-corrected chi connectivity index (χ3v) is 8.61. The van der Waals surface area contributed by atoms with E-state index >= 15 is 0 Å². The van der Waals surface area contributed by atoms with Gasteiger partial charge in [-0.25, -0.2) is 0 Å². The molecule has 15 nitrogen and oxygen atoms in total. The molecule has 0 spiro atoms. The minimum absolute atomic E-state index is 0.0159. The van der Waals surface area contributed by atoms with Gasteiger partial charge in [-0.2, -0.15) is 0 Å². The van der Waals surface area contributed by atoms with Crippen LogP contribution in [0.3, 0.4) is 0 Å². The number of hydrogen-bond acceptors (Lipinski definition) is 15. The summed E-state index contributed by atoms with van der Waals surface area (Å²) in [6.07, 6.45) is -8.88. The zero-order valence-corrected chi connectivity index (χ0v) is 31.5. The predicted molar refractivity (Wildman–Crippen MR) is 187 cm³/mol. The molecule has 1 aliphatic rings. The van der Waals surface area contributed by atoms with E-state index in [0.29, 0.717) is 32.1 Å². The third kappa shape index (κ3) is 18.6. The zero-order valence-electron chi connectivity index (χ0n) is 32.5. The lowest BCUT2D eigenvalue weighted by atomic mass is 9.97. The first kappa shape index (κ1) is 45.8. The zero-order chi connectivity index (χ0) is 39.8. The number of carbonyl (C=O) groups is 4. The van der Waals surface area contributed by atoms with Crippen LogP contribution in [0.25, 0.3) is 0 Å². The van der Waals surface area contributed by atoms with Crippen molar-refractivity contribution in [2.45, 2.75) is 199 Å². The molecule has 10 atom stereocenters. The fraction of sp³-hybridized carbons (Fsp3) is 0.892. The van der Waals surface area contributed by atoms with Crippen molar-refractivity contribution in [2.75, 3.05) is 13.2 Å². The number of unbranched alkanes of at least 4 members (excludes halogenated alkanes) is 9. The number of aliphatic hydroxyl groups is 5. The van der Waals surface area contributed by atoms with Crippen LogP contribution in [0.15, 0.2) is 0 Å². The minimum atomic E-state index is -2.36. The fourth-order valence-corrected chi connectivity index (χ4v) is 5.45. The summed E-state index contributed by atoms with van der Waals surface area (Å²) in [5.74, 6) is -3.11. The van der Waals surface area contributed by atoms with Crippen molar-refractivity contribution in [1.29, 1.82) is 0 Å². The van der Waals surface area contributed by atoms with Crippen LogP contribution in [0.4, 0.5) is 0 Å². The van der Waals surface area contributed by atoms with Gasteiger partial charge < -0.3 is 54.0 Å². The molecule has 1 fully saturated rings. The lowest BCUT2D eigenvalue weighted by Gasteiger charge is -2.45. The molecule has 0 saturated carbocycles. The maximum atomic E-state index is 13.4. The highest BCUT2D eigenvalue weighted by Crippen LogP contribution is 2.32. The molecule has 0 aliphatic carbocycles. The average Bonchev–Trinajstić information content (AvgIpc) is 3.13. The molecule has 1 heterocycles. The van der Waals surface area contributed by atoms with Crippen molar-refractivity contribution in [1.82, 2.24) is 0 Å². The second-order valence-electron chi connectivity index (χ2n) is 13.2. The minimum Gasteiger partial charge on any atom is -0.463 e. The van der Waals surface area contributed by atoms with Gasteiger partial charge in [0.15, 0.2) is 24.6 Å². The monoisotopic (exact) mass is 751 g/mol. The molecular formula is C37H66O15. The van der Waals surface area contributed by atoms with E-state index in [2.05, 4.69) is 0 Å². The summed E-state index contributed by atoms with van der Waals surface area (Å²) in [6, 6.07) is 0. The summed E-state index contributed by atoms with van der Waals surface area (Å²) in [6.45, 7) is 6.36. The molecule has 0 amide bonds. The van der Waals surface area contributed by atoms with Gasteiger partial charge in [-0.3, -0.25) is 19.2 Å². The topological polar surface area (TPSA) is 225 Å². The molecular weight excluding hydrogens is 684 g/mol. The normalized spacial score (nSPS) is 23.4. The highest BCUT2D eigenvalue weighted by Gasteiger charge is 2.54. The summed E-state index contributed by atoms with van der Waals surface area (Å²) in [4.78, 5) is 52.5.